The number of nitrogens with zero attached hydrogens (tertiary/aromatic N) is 1. The number of carbonyl (C=O) groups excluding carboxylic acids is 2. The Morgan fingerprint density at radius 3 is 1.09 bits per heavy atom. The minimum atomic E-state index is -0.779. The Bertz CT molecular complexity index is 700. The molecule has 0 aromatic rings. The number of esters is 2. The number of ether oxygens (including phenoxy) is 2. The van der Waals surface area contributed by atoms with Crippen LogP contribution in [-0.4, -0.2) is 50.4 Å². The van der Waals surface area contributed by atoms with E-state index in [0.717, 1.165) is 62.4 Å². The van der Waals surface area contributed by atoms with Crippen LogP contribution in [0.4, 0.5) is 0 Å². The van der Waals surface area contributed by atoms with E-state index in [4.69, 9.17) is 9.47 Å². The number of carbonyl (C=O) groups is 2. The van der Waals surface area contributed by atoms with Crippen LogP contribution in [0.2, 0.25) is 0 Å². The van der Waals surface area contributed by atoms with Crippen LogP contribution in [0, 0.1) is 0 Å². The zero-order valence-electron chi connectivity index (χ0n) is 32.2. The first-order valence-electron chi connectivity index (χ1n) is 20.3. The van der Waals surface area contributed by atoms with Crippen molar-refractivity contribution in [3.8, 4) is 0 Å². The third-order valence-electron chi connectivity index (χ3n) is 8.85. The van der Waals surface area contributed by atoms with Crippen molar-refractivity contribution in [3.05, 3.63) is 24.3 Å². The van der Waals surface area contributed by atoms with Gasteiger partial charge in [-0.05, 0) is 64.2 Å². The quantitative estimate of drug-likeness (QED) is 0.0223. The monoisotopic (exact) mass is 663 g/mol. The van der Waals surface area contributed by atoms with Crippen molar-refractivity contribution in [1.29, 1.82) is 0 Å². The van der Waals surface area contributed by atoms with E-state index in [1.165, 1.54) is 116 Å². The van der Waals surface area contributed by atoms with Gasteiger partial charge in [0.25, 0.3) is 6.29 Å². The Morgan fingerprint density at radius 1 is 0.468 bits per heavy atom. The maximum atomic E-state index is 12.6. The molecular weight excluding hydrogens is 582 g/mol. The van der Waals surface area contributed by atoms with E-state index in [0.29, 0.717) is 19.3 Å². The molecule has 0 saturated carbocycles. The normalized spacial score (nSPS) is 12.1. The predicted molar refractivity (Wildman–Crippen MR) is 202 cm³/mol. The van der Waals surface area contributed by atoms with Gasteiger partial charge in [0.2, 0.25) is 0 Å². The second-order valence-corrected chi connectivity index (χ2v) is 14.9. The number of hydrogen-bond acceptors (Lipinski definition) is 4. The summed E-state index contributed by atoms with van der Waals surface area (Å²) >= 11 is 0. The van der Waals surface area contributed by atoms with Gasteiger partial charge in [-0.1, -0.05) is 141 Å². The lowest BCUT2D eigenvalue weighted by Gasteiger charge is -2.26. The van der Waals surface area contributed by atoms with Gasteiger partial charge in [-0.15, -0.1) is 0 Å². The summed E-state index contributed by atoms with van der Waals surface area (Å²) in [4.78, 5) is 25.1. The molecule has 0 aliphatic heterocycles. The average Bonchev–Trinajstić information content (AvgIpc) is 3.03. The van der Waals surface area contributed by atoms with E-state index >= 15 is 0 Å². The first-order valence-corrected chi connectivity index (χ1v) is 20.3. The molecule has 5 nitrogen and oxygen atoms in total. The molecule has 0 amide bonds. The van der Waals surface area contributed by atoms with Crippen molar-refractivity contribution in [2.45, 2.75) is 206 Å². The molecule has 0 atom stereocenters. The highest BCUT2D eigenvalue weighted by Crippen LogP contribution is 2.15. The zero-order chi connectivity index (χ0) is 34.7. The first-order chi connectivity index (χ1) is 22.8. The molecule has 0 unspecified atom stereocenters. The molecular formula is C42H80NO4+. The summed E-state index contributed by atoms with van der Waals surface area (Å²) in [5, 5.41) is 0. The highest BCUT2D eigenvalue weighted by Gasteiger charge is 2.22. The summed E-state index contributed by atoms with van der Waals surface area (Å²) in [5.74, 6) is -0.495. The van der Waals surface area contributed by atoms with Crippen molar-refractivity contribution in [3.63, 3.8) is 0 Å². The van der Waals surface area contributed by atoms with Gasteiger partial charge >= 0.3 is 11.9 Å². The standard InChI is InChI=1S/C42H80NO4/c1-6-8-10-12-14-16-18-20-22-24-26-28-30-32-34-36-40(44)46-42(38-39-43(3,4)5)47-41(45)37-35-33-31-29-27-25-23-21-19-17-15-13-11-9-7-2/h20-23,42H,6-19,24-39H2,1-5H3/q+1/b22-20-,23-21-. The third-order valence-corrected chi connectivity index (χ3v) is 8.85. The Labute approximate surface area is 293 Å². The van der Waals surface area contributed by atoms with Crippen molar-refractivity contribution < 1.29 is 23.5 Å². The number of allylic oxidation sites excluding steroid dienone is 4. The molecule has 0 spiro atoms. The number of rotatable bonds is 35. The van der Waals surface area contributed by atoms with Crippen LogP contribution < -0.4 is 0 Å². The van der Waals surface area contributed by atoms with Crippen LogP contribution in [0.1, 0.15) is 200 Å². The molecule has 0 aliphatic carbocycles. The Morgan fingerprint density at radius 2 is 0.766 bits per heavy atom. The second kappa shape index (κ2) is 34.3. The SMILES string of the molecule is CCCCCCCC/C=C\CCCCCCCC(=O)OC(CC[N+](C)(C)C)OC(=O)CCCCCCC/C=C\CCCCCCCC. The molecule has 0 rings (SSSR count). The summed E-state index contributed by atoms with van der Waals surface area (Å²) in [6, 6.07) is 0. The molecule has 0 radical (unpaired) electrons. The van der Waals surface area contributed by atoms with E-state index in [-0.39, 0.29) is 11.9 Å². The average molecular weight is 663 g/mol. The molecule has 0 saturated heterocycles. The fourth-order valence-electron chi connectivity index (χ4n) is 5.73. The summed E-state index contributed by atoms with van der Waals surface area (Å²) < 4.78 is 12.0. The summed E-state index contributed by atoms with van der Waals surface area (Å²) in [5.41, 5.74) is 0. The molecule has 0 bridgehead atoms. The molecule has 0 heterocycles. The molecule has 5 heteroatoms. The van der Waals surface area contributed by atoms with Crippen LogP contribution in [0.15, 0.2) is 24.3 Å². The van der Waals surface area contributed by atoms with Gasteiger partial charge in [0.05, 0.1) is 34.1 Å². The minimum Gasteiger partial charge on any atom is -0.425 e. The van der Waals surface area contributed by atoms with E-state index in [2.05, 4.69) is 59.3 Å². The van der Waals surface area contributed by atoms with Gasteiger partial charge in [0.1, 0.15) is 0 Å². The molecule has 0 fully saturated rings. The van der Waals surface area contributed by atoms with Gasteiger partial charge in [-0.2, -0.15) is 0 Å². The molecule has 0 aromatic carbocycles. The van der Waals surface area contributed by atoms with Crippen LogP contribution in [0.5, 0.6) is 0 Å². The number of unbranched alkanes of at least 4 members (excludes halogenated alkanes) is 22. The van der Waals surface area contributed by atoms with Gasteiger partial charge in [0.15, 0.2) is 0 Å². The Hall–Kier alpha value is -1.62. The maximum Gasteiger partial charge on any atom is 0.308 e. The number of quaternary nitrogens is 1. The maximum absolute atomic E-state index is 12.6. The van der Waals surface area contributed by atoms with E-state index in [1.807, 2.05) is 0 Å². The zero-order valence-corrected chi connectivity index (χ0v) is 32.2. The fourth-order valence-corrected chi connectivity index (χ4v) is 5.73. The smallest absolute Gasteiger partial charge is 0.308 e. The van der Waals surface area contributed by atoms with Crippen LogP contribution >= 0.6 is 0 Å². The van der Waals surface area contributed by atoms with Crippen molar-refractivity contribution in [1.82, 2.24) is 0 Å². The topological polar surface area (TPSA) is 52.6 Å². The lowest BCUT2D eigenvalue weighted by Crippen LogP contribution is -2.38. The lowest BCUT2D eigenvalue weighted by molar-refractivity contribution is -0.871. The highest BCUT2D eigenvalue weighted by atomic mass is 16.7. The summed E-state index contributed by atoms with van der Waals surface area (Å²) in [6.07, 6.45) is 41.9. The predicted octanol–water partition coefficient (Wildman–Crippen LogP) is 12.6. The lowest BCUT2D eigenvalue weighted by atomic mass is 10.1. The largest absolute Gasteiger partial charge is 0.425 e. The van der Waals surface area contributed by atoms with Gasteiger partial charge < -0.3 is 14.0 Å². The van der Waals surface area contributed by atoms with E-state index in [1.54, 1.807) is 0 Å². The third kappa shape index (κ3) is 37.1. The highest BCUT2D eigenvalue weighted by molar-refractivity contribution is 5.71. The molecule has 276 valence electrons. The fraction of sp³-hybridized carbons (Fsp3) is 0.857. The van der Waals surface area contributed by atoms with Gasteiger partial charge in [-0.25, -0.2) is 0 Å². The second-order valence-electron chi connectivity index (χ2n) is 14.9. The van der Waals surface area contributed by atoms with Crippen molar-refractivity contribution in [2.75, 3.05) is 27.7 Å². The summed E-state index contributed by atoms with van der Waals surface area (Å²) in [7, 11) is 6.28. The van der Waals surface area contributed by atoms with Crippen LogP contribution in [-0.2, 0) is 19.1 Å². The van der Waals surface area contributed by atoms with E-state index < -0.39 is 6.29 Å². The van der Waals surface area contributed by atoms with Gasteiger partial charge in [-0.3, -0.25) is 9.59 Å². The van der Waals surface area contributed by atoms with Crippen LogP contribution in [0.3, 0.4) is 0 Å². The minimum absolute atomic E-state index is 0.247. The molecule has 0 aromatic heterocycles. The Kier molecular flexibility index (Phi) is 33.1. The summed E-state index contributed by atoms with van der Waals surface area (Å²) in [6.45, 7) is 5.30. The molecule has 0 aliphatic rings. The van der Waals surface area contributed by atoms with Crippen molar-refractivity contribution >= 4 is 11.9 Å². The Balaban J connectivity index is 3.99. The molecule has 0 N–H and O–H groups in total. The number of hydrogen-bond donors (Lipinski definition) is 0. The first kappa shape index (κ1) is 45.4. The van der Waals surface area contributed by atoms with Crippen molar-refractivity contribution in [2.24, 2.45) is 0 Å². The molecule has 47 heavy (non-hydrogen) atoms. The van der Waals surface area contributed by atoms with Crippen LogP contribution in [0.25, 0.3) is 0 Å². The van der Waals surface area contributed by atoms with Gasteiger partial charge in [0, 0.05) is 12.8 Å². The van der Waals surface area contributed by atoms with E-state index in [9.17, 15) is 9.59 Å².